The average Bonchev–Trinajstić information content (AvgIpc) is 2.47. The van der Waals surface area contributed by atoms with Crippen LogP contribution in [0.15, 0.2) is 23.4 Å². The van der Waals surface area contributed by atoms with E-state index in [9.17, 15) is 4.39 Å². The molecule has 0 aliphatic carbocycles. The summed E-state index contributed by atoms with van der Waals surface area (Å²) in [5.41, 5.74) is 6.36. The van der Waals surface area contributed by atoms with Gasteiger partial charge in [0, 0.05) is 23.7 Å². The molecule has 1 rings (SSSR count). The summed E-state index contributed by atoms with van der Waals surface area (Å²) in [5.74, 6) is -0.448. The van der Waals surface area contributed by atoms with Crippen molar-refractivity contribution in [2.75, 3.05) is 20.1 Å². The minimum absolute atomic E-state index is 0.0925. The topological polar surface area (TPSA) is 73.9 Å². The van der Waals surface area contributed by atoms with Crippen LogP contribution in [0.3, 0.4) is 0 Å². The lowest BCUT2D eigenvalue weighted by atomic mass is 10.1. The Bertz CT molecular complexity index is 477. The minimum atomic E-state index is -0.356. The zero-order valence-electron chi connectivity index (χ0n) is 12.9. The predicted molar refractivity (Wildman–Crippen MR) is 83.0 cm³/mol. The highest BCUT2D eigenvalue weighted by molar-refractivity contribution is 5.97. The summed E-state index contributed by atoms with van der Waals surface area (Å²) in [6.07, 6.45) is 1.01. The van der Waals surface area contributed by atoms with Crippen molar-refractivity contribution in [2.45, 2.75) is 32.9 Å². The van der Waals surface area contributed by atoms with Gasteiger partial charge in [0.05, 0.1) is 0 Å². The highest BCUT2D eigenvalue weighted by Gasteiger charge is 2.06. The summed E-state index contributed by atoms with van der Waals surface area (Å²) in [4.78, 5) is 2.27. The zero-order chi connectivity index (χ0) is 15.8. The maximum atomic E-state index is 13.8. The van der Waals surface area contributed by atoms with Gasteiger partial charge in [0.1, 0.15) is 5.82 Å². The Labute approximate surface area is 125 Å². The lowest BCUT2D eigenvalue weighted by Crippen LogP contribution is -2.29. The number of halogens is 1. The first kappa shape index (κ1) is 17.4. The Morgan fingerprint density at radius 3 is 2.76 bits per heavy atom. The summed E-state index contributed by atoms with van der Waals surface area (Å²) in [5, 5.41) is 14.6. The number of nitrogens with zero attached hydrogens (tertiary/aromatic N) is 2. The highest BCUT2D eigenvalue weighted by Crippen LogP contribution is 2.10. The molecule has 0 radical (unpaired) electrons. The molecule has 0 saturated carbocycles. The van der Waals surface area contributed by atoms with Crippen LogP contribution >= 0.6 is 0 Å². The first-order chi connectivity index (χ1) is 9.95. The molecule has 1 aromatic rings. The number of nitrogens with two attached hydrogens (primary N) is 1. The molecule has 1 aromatic carbocycles. The van der Waals surface area contributed by atoms with Crippen LogP contribution in [0.5, 0.6) is 0 Å². The van der Waals surface area contributed by atoms with E-state index in [-0.39, 0.29) is 11.7 Å². The fraction of sp³-hybridized carbons (Fsp3) is 0.533. The van der Waals surface area contributed by atoms with Gasteiger partial charge in [0.15, 0.2) is 5.84 Å². The molecule has 0 spiro atoms. The van der Waals surface area contributed by atoms with Crippen LogP contribution in [0.25, 0.3) is 0 Å². The zero-order valence-corrected chi connectivity index (χ0v) is 12.9. The van der Waals surface area contributed by atoms with E-state index < -0.39 is 0 Å². The molecule has 5 nitrogen and oxygen atoms in total. The summed E-state index contributed by atoms with van der Waals surface area (Å²) in [7, 11) is 2.09. The predicted octanol–water partition coefficient (Wildman–Crippen LogP) is 1.74. The van der Waals surface area contributed by atoms with Gasteiger partial charge >= 0.3 is 0 Å². The summed E-state index contributed by atoms with van der Waals surface area (Å²) < 4.78 is 13.8. The summed E-state index contributed by atoms with van der Waals surface area (Å²) in [6.45, 7) is 6.62. The van der Waals surface area contributed by atoms with Crippen LogP contribution in [0.2, 0.25) is 0 Å². The van der Waals surface area contributed by atoms with E-state index in [1.54, 1.807) is 12.1 Å². The standard InChI is InChI=1S/C15H25FN4O/c1-11(2)20(3)8-4-7-18-10-13-6-5-12(9-14(13)16)15(17)19-21/h5-6,9,11,18,21H,4,7-8,10H2,1-3H3,(H2,17,19). The Morgan fingerprint density at radius 1 is 1.48 bits per heavy atom. The third kappa shape index (κ3) is 5.69. The fourth-order valence-electron chi connectivity index (χ4n) is 1.84. The van der Waals surface area contributed by atoms with Crippen LogP contribution in [0.1, 0.15) is 31.4 Å². The second-order valence-electron chi connectivity index (χ2n) is 5.40. The Kier molecular flexibility index (Phi) is 7.11. The molecule has 21 heavy (non-hydrogen) atoms. The summed E-state index contributed by atoms with van der Waals surface area (Å²) >= 11 is 0. The lowest BCUT2D eigenvalue weighted by Gasteiger charge is -2.20. The van der Waals surface area contributed by atoms with Crippen LogP contribution in [0.4, 0.5) is 4.39 Å². The molecule has 0 bridgehead atoms. The number of benzene rings is 1. The second-order valence-corrected chi connectivity index (χ2v) is 5.40. The molecule has 0 amide bonds. The van der Waals surface area contributed by atoms with Gasteiger partial charge in [-0.15, -0.1) is 0 Å². The maximum absolute atomic E-state index is 13.8. The Morgan fingerprint density at radius 2 is 2.19 bits per heavy atom. The lowest BCUT2D eigenvalue weighted by molar-refractivity contribution is 0.269. The number of nitrogens with one attached hydrogen (secondary N) is 1. The third-order valence-electron chi connectivity index (χ3n) is 3.52. The normalized spacial score (nSPS) is 12.4. The van der Waals surface area contributed by atoms with E-state index in [2.05, 4.69) is 36.3 Å². The van der Waals surface area contributed by atoms with Gasteiger partial charge in [0.25, 0.3) is 0 Å². The smallest absolute Gasteiger partial charge is 0.170 e. The van der Waals surface area contributed by atoms with Crippen LogP contribution < -0.4 is 11.1 Å². The molecule has 6 heteroatoms. The van der Waals surface area contributed by atoms with Crippen molar-refractivity contribution in [1.82, 2.24) is 10.2 Å². The largest absolute Gasteiger partial charge is 0.409 e. The maximum Gasteiger partial charge on any atom is 0.170 e. The van der Waals surface area contributed by atoms with E-state index in [0.717, 1.165) is 19.5 Å². The van der Waals surface area contributed by atoms with Gasteiger partial charge < -0.3 is 21.2 Å². The molecular weight excluding hydrogens is 271 g/mol. The molecule has 118 valence electrons. The Balaban J connectivity index is 2.39. The van der Waals surface area contributed by atoms with Crippen LogP contribution in [-0.2, 0) is 6.54 Å². The quantitative estimate of drug-likeness (QED) is 0.225. The van der Waals surface area contributed by atoms with Crippen LogP contribution in [-0.4, -0.2) is 42.1 Å². The Hall–Kier alpha value is -1.66. The van der Waals surface area contributed by atoms with Crippen molar-refractivity contribution in [3.63, 3.8) is 0 Å². The van der Waals surface area contributed by atoms with Crippen molar-refractivity contribution >= 4 is 5.84 Å². The van der Waals surface area contributed by atoms with Gasteiger partial charge in [-0.3, -0.25) is 0 Å². The number of oxime groups is 1. The number of amidine groups is 1. The first-order valence-corrected chi connectivity index (χ1v) is 7.13. The molecule has 4 N–H and O–H groups in total. The van der Waals surface area contributed by atoms with Gasteiger partial charge in [-0.1, -0.05) is 17.3 Å². The van der Waals surface area contributed by atoms with Gasteiger partial charge in [-0.05, 0) is 46.5 Å². The van der Waals surface area contributed by atoms with Crippen molar-refractivity contribution in [3.8, 4) is 0 Å². The van der Waals surface area contributed by atoms with Crippen molar-refractivity contribution in [3.05, 3.63) is 35.1 Å². The molecular formula is C15H25FN4O. The van der Waals surface area contributed by atoms with Gasteiger partial charge in [-0.25, -0.2) is 4.39 Å². The summed E-state index contributed by atoms with van der Waals surface area (Å²) in [6, 6.07) is 5.10. The number of rotatable bonds is 8. The minimum Gasteiger partial charge on any atom is -0.409 e. The van der Waals surface area contributed by atoms with E-state index in [0.29, 0.717) is 23.7 Å². The molecule has 0 aliphatic rings. The van der Waals surface area contributed by atoms with Crippen LogP contribution in [0, 0.1) is 5.82 Å². The highest BCUT2D eigenvalue weighted by atomic mass is 19.1. The molecule has 0 heterocycles. The molecule has 0 fully saturated rings. The molecule has 0 unspecified atom stereocenters. The molecule has 0 saturated heterocycles. The second kappa shape index (κ2) is 8.59. The third-order valence-corrected chi connectivity index (χ3v) is 3.52. The van der Waals surface area contributed by atoms with E-state index in [1.807, 2.05) is 0 Å². The van der Waals surface area contributed by atoms with Gasteiger partial charge in [0.2, 0.25) is 0 Å². The van der Waals surface area contributed by atoms with Crippen molar-refractivity contribution < 1.29 is 9.60 Å². The molecule has 0 aliphatic heterocycles. The average molecular weight is 296 g/mol. The van der Waals surface area contributed by atoms with Crippen molar-refractivity contribution in [2.24, 2.45) is 10.9 Å². The number of hydrogen-bond donors (Lipinski definition) is 3. The van der Waals surface area contributed by atoms with E-state index in [1.165, 1.54) is 6.07 Å². The SMILES string of the molecule is CC(C)N(C)CCCNCc1ccc(/C(N)=N/O)cc1F. The number of hydrogen-bond acceptors (Lipinski definition) is 4. The monoisotopic (exact) mass is 296 g/mol. The molecule has 0 aromatic heterocycles. The molecule has 0 atom stereocenters. The fourth-order valence-corrected chi connectivity index (χ4v) is 1.84. The van der Waals surface area contributed by atoms with E-state index in [4.69, 9.17) is 10.9 Å². The van der Waals surface area contributed by atoms with Crippen molar-refractivity contribution in [1.29, 1.82) is 0 Å². The van der Waals surface area contributed by atoms with Gasteiger partial charge in [-0.2, -0.15) is 0 Å². The van der Waals surface area contributed by atoms with E-state index >= 15 is 0 Å². The first-order valence-electron chi connectivity index (χ1n) is 7.13.